The van der Waals surface area contributed by atoms with Crippen molar-refractivity contribution in [2.75, 3.05) is 12.0 Å². The Balaban J connectivity index is 2.26. The molecule has 0 bridgehead atoms. The van der Waals surface area contributed by atoms with Crippen molar-refractivity contribution in [2.45, 2.75) is 9.79 Å². The van der Waals surface area contributed by atoms with Gasteiger partial charge in [0.05, 0.1) is 16.1 Å². The molecule has 1 aromatic carbocycles. The fourth-order valence-electron chi connectivity index (χ4n) is 1.66. The van der Waals surface area contributed by atoms with Crippen LogP contribution in [-0.2, 0) is 19.7 Å². The van der Waals surface area contributed by atoms with Crippen LogP contribution in [0.4, 0.5) is 0 Å². The van der Waals surface area contributed by atoms with Gasteiger partial charge in [0.15, 0.2) is 25.4 Å². The van der Waals surface area contributed by atoms with Gasteiger partial charge in [-0.05, 0) is 36.4 Å². The Morgan fingerprint density at radius 1 is 1.00 bits per heavy atom. The van der Waals surface area contributed by atoms with Crippen LogP contribution in [0.25, 0.3) is 0 Å². The van der Waals surface area contributed by atoms with E-state index < -0.39 is 31.2 Å². The molecule has 0 atom stereocenters. The molecule has 0 radical (unpaired) electrons. The van der Waals surface area contributed by atoms with Crippen LogP contribution in [0.15, 0.2) is 56.9 Å². The molecule has 21 heavy (non-hydrogen) atoms. The van der Waals surface area contributed by atoms with Gasteiger partial charge < -0.3 is 4.42 Å². The van der Waals surface area contributed by atoms with Gasteiger partial charge in [-0.15, -0.1) is 0 Å². The first-order chi connectivity index (χ1) is 9.70. The van der Waals surface area contributed by atoms with E-state index >= 15 is 0 Å². The molecule has 112 valence electrons. The van der Waals surface area contributed by atoms with E-state index in [1.807, 2.05) is 0 Å². The summed E-state index contributed by atoms with van der Waals surface area (Å²) in [6, 6.07) is 7.59. The molecule has 0 aliphatic carbocycles. The van der Waals surface area contributed by atoms with Crippen molar-refractivity contribution in [2.24, 2.45) is 0 Å². The van der Waals surface area contributed by atoms with Gasteiger partial charge in [0.1, 0.15) is 5.75 Å². The van der Waals surface area contributed by atoms with Crippen LogP contribution < -0.4 is 0 Å². The highest BCUT2D eigenvalue weighted by Crippen LogP contribution is 2.17. The first-order valence-electron chi connectivity index (χ1n) is 5.80. The number of furan rings is 1. The Hall–Kier alpha value is -1.93. The van der Waals surface area contributed by atoms with Crippen LogP contribution in [0.5, 0.6) is 0 Å². The van der Waals surface area contributed by atoms with Gasteiger partial charge in [0.2, 0.25) is 5.78 Å². The number of hydrogen-bond donors (Lipinski definition) is 0. The molecular formula is C13H12O6S2. The predicted molar refractivity (Wildman–Crippen MR) is 74.6 cm³/mol. The first kappa shape index (κ1) is 15.5. The Morgan fingerprint density at radius 2 is 1.57 bits per heavy atom. The average Bonchev–Trinajstić information content (AvgIpc) is 2.91. The average molecular weight is 328 g/mol. The summed E-state index contributed by atoms with van der Waals surface area (Å²) in [5, 5.41) is 0. The second kappa shape index (κ2) is 5.45. The molecular weight excluding hydrogens is 316 g/mol. The van der Waals surface area contributed by atoms with E-state index in [0.717, 1.165) is 6.26 Å². The number of rotatable bonds is 5. The number of hydrogen-bond acceptors (Lipinski definition) is 6. The van der Waals surface area contributed by atoms with Crippen molar-refractivity contribution in [1.29, 1.82) is 0 Å². The largest absolute Gasteiger partial charge is 0.461 e. The van der Waals surface area contributed by atoms with E-state index in [0.29, 0.717) is 0 Å². The normalized spacial score (nSPS) is 12.2. The fraction of sp³-hybridized carbons (Fsp3) is 0.154. The molecule has 2 aromatic rings. The molecule has 2 rings (SSSR count). The molecule has 8 heteroatoms. The summed E-state index contributed by atoms with van der Waals surface area (Å²) in [4.78, 5) is 11.6. The molecule has 0 fully saturated rings. The van der Waals surface area contributed by atoms with Crippen molar-refractivity contribution in [3.8, 4) is 0 Å². The maximum absolute atomic E-state index is 12.1. The molecule has 1 aromatic heterocycles. The molecule has 0 aliphatic heterocycles. The highest BCUT2D eigenvalue weighted by Gasteiger charge is 2.22. The molecule has 0 N–H and O–H groups in total. The van der Waals surface area contributed by atoms with E-state index in [1.165, 1.54) is 42.7 Å². The molecule has 0 unspecified atom stereocenters. The van der Waals surface area contributed by atoms with Crippen LogP contribution >= 0.6 is 0 Å². The molecule has 0 amide bonds. The number of benzene rings is 1. The Labute approximate surface area is 122 Å². The van der Waals surface area contributed by atoms with Gasteiger partial charge >= 0.3 is 0 Å². The zero-order valence-electron chi connectivity index (χ0n) is 11.0. The maximum Gasteiger partial charge on any atom is 0.213 e. The standard InChI is InChI=1S/C13H12O6S2/c1-20(15,16)10-4-6-11(7-5-10)21(17,18)9-12(14)13-3-2-8-19-13/h2-8H,9H2,1H3. The van der Waals surface area contributed by atoms with Crippen molar-refractivity contribution in [3.05, 3.63) is 48.4 Å². The minimum atomic E-state index is -3.85. The van der Waals surface area contributed by atoms with Crippen molar-refractivity contribution >= 4 is 25.5 Å². The van der Waals surface area contributed by atoms with Crippen LogP contribution in [0.3, 0.4) is 0 Å². The molecule has 6 nitrogen and oxygen atoms in total. The van der Waals surface area contributed by atoms with Crippen molar-refractivity contribution in [1.82, 2.24) is 0 Å². The first-order valence-corrected chi connectivity index (χ1v) is 9.34. The lowest BCUT2D eigenvalue weighted by atomic mass is 10.3. The number of ketones is 1. The molecule has 1 heterocycles. The van der Waals surface area contributed by atoms with Crippen molar-refractivity contribution < 1.29 is 26.0 Å². The SMILES string of the molecule is CS(=O)(=O)c1ccc(S(=O)(=O)CC(=O)c2ccco2)cc1. The Bertz CT molecular complexity index is 844. The van der Waals surface area contributed by atoms with E-state index in [9.17, 15) is 21.6 Å². The summed E-state index contributed by atoms with van der Waals surface area (Å²) in [7, 11) is -7.25. The molecule has 0 aliphatic rings. The van der Waals surface area contributed by atoms with Gasteiger partial charge in [-0.1, -0.05) is 0 Å². The maximum atomic E-state index is 12.1. The van der Waals surface area contributed by atoms with E-state index in [-0.39, 0.29) is 15.6 Å². The van der Waals surface area contributed by atoms with Gasteiger partial charge in [0.25, 0.3) is 0 Å². The molecule has 0 saturated heterocycles. The number of carbonyl (C=O) groups excluding carboxylic acids is 1. The quantitative estimate of drug-likeness (QED) is 0.768. The van der Waals surface area contributed by atoms with Crippen LogP contribution in [0, 0.1) is 0 Å². The minimum Gasteiger partial charge on any atom is -0.461 e. The second-order valence-electron chi connectivity index (χ2n) is 4.40. The summed E-state index contributed by atoms with van der Waals surface area (Å²) in [6.07, 6.45) is 2.30. The summed E-state index contributed by atoms with van der Waals surface area (Å²) in [5.74, 6) is -1.43. The van der Waals surface area contributed by atoms with Crippen LogP contribution in [-0.4, -0.2) is 34.6 Å². The number of carbonyl (C=O) groups is 1. The lowest BCUT2D eigenvalue weighted by Crippen LogP contribution is -2.16. The highest BCUT2D eigenvalue weighted by molar-refractivity contribution is 7.92. The Kier molecular flexibility index (Phi) is 4.02. The topological polar surface area (TPSA) is 98.5 Å². The molecule has 0 saturated carbocycles. The van der Waals surface area contributed by atoms with Crippen molar-refractivity contribution in [3.63, 3.8) is 0 Å². The monoisotopic (exact) mass is 328 g/mol. The highest BCUT2D eigenvalue weighted by atomic mass is 32.2. The number of Topliss-reactive ketones (excluding diaryl/α,β-unsaturated/α-hetero) is 1. The van der Waals surface area contributed by atoms with Crippen LogP contribution in [0.2, 0.25) is 0 Å². The lowest BCUT2D eigenvalue weighted by molar-refractivity contribution is 0.0990. The smallest absolute Gasteiger partial charge is 0.213 e. The van der Waals surface area contributed by atoms with Gasteiger partial charge in [0, 0.05) is 6.26 Å². The van der Waals surface area contributed by atoms with E-state index in [1.54, 1.807) is 0 Å². The minimum absolute atomic E-state index is 0.0128. The summed E-state index contributed by atoms with van der Waals surface area (Å²) in [5.41, 5.74) is 0. The zero-order chi connectivity index (χ0) is 15.7. The number of sulfone groups is 2. The summed E-state index contributed by atoms with van der Waals surface area (Å²) >= 11 is 0. The lowest BCUT2D eigenvalue weighted by Gasteiger charge is -2.04. The fourth-order valence-corrected chi connectivity index (χ4v) is 3.49. The molecule has 0 spiro atoms. The van der Waals surface area contributed by atoms with Gasteiger partial charge in [-0.3, -0.25) is 4.79 Å². The third-order valence-corrected chi connectivity index (χ3v) is 5.49. The van der Waals surface area contributed by atoms with Gasteiger partial charge in [-0.25, -0.2) is 16.8 Å². The summed E-state index contributed by atoms with van der Waals surface area (Å²) < 4.78 is 51.6. The second-order valence-corrected chi connectivity index (χ2v) is 8.41. The Morgan fingerprint density at radius 3 is 2.05 bits per heavy atom. The third-order valence-electron chi connectivity index (χ3n) is 2.73. The van der Waals surface area contributed by atoms with E-state index in [4.69, 9.17) is 4.42 Å². The van der Waals surface area contributed by atoms with Gasteiger partial charge in [-0.2, -0.15) is 0 Å². The summed E-state index contributed by atoms with van der Waals surface area (Å²) in [6.45, 7) is 0. The van der Waals surface area contributed by atoms with Crippen LogP contribution in [0.1, 0.15) is 10.6 Å². The van der Waals surface area contributed by atoms with E-state index in [2.05, 4.69) is 0 Å². The zero-order valence-corrected chi connectivity index (χ0v) is 12.6. The third kappa shape index (κ3) is 3.59. The predicted octanol–water partition coefficient (Wildman–Crippen LogP) is 1.34.